The first-order chi connectivity index (χ1) is 22.7. The van der Waals surface area contributed by atoms with Gasteiger partial charge in [-0.25, -0.2) is 0 Å². The molecule has 0 aliphatic rings. The van der Waals surface area contributed by atoms with Crippen molar-refractivity contribution >= 4 is 41.9 Å². The van der Waals surface area contributed by atoms with E-state index in [0.717, 1.165) is 55.3 Å². The summed E-state index contributed by atoms with van der Waals surface area (Å²) in [5.74, 6) is 0.177. The number of carbonyl (C=O) groups excluding carboxylic acids is 4. The second-order valence-corrected chi connectivity index (χ2v) is 11.5. The van der Waals surface area contributed by atoms with Crippen LogP contribution in [0.4, 0.5) is 5.69 Å². The molecule has 10 heteroatoms. The van der Waals surface area contributed by atoms with Crippen molar-refractivity contribution in [3.05, 3.63) is 90.0 Å². The molecule has 0 aliphatic heterocycles. The van der Waals surface area contributed by atoms with E-state index in [0.29, 0.717) is 43.7 Å². The van der Waals surface area contributed by atoms with Gasteiger partial charge in [-0.15, -0.1) is 0 Å². The SMILES string of the molecule is CCC(=O)NCCCCCNC(=O)c1ccc(N(C)C)cc1.O=C(CS)NCCCCCNC(=O)c1ccc(-c2ccccc2)cc1. The Labute approximate surface area is 285 Å². The Kier molecular flexibility index (Phi) is 19.1. The summed E-state index contributed by atoms with van der Waals surface area (Å²) in [5, 5.41) is 11.5. The van der Waals surface area contributed by atoms with Crippen LogP contribution in [-0.2, 0) is 9.59 Å². The summed E-state index contributed by atoms with van der Waals surface area (Å²) >= 11 is 3.90. The molecule has 0 saturated heterocycles. The van der Waals surface area contributed by atoms with Gasteiger partial charge in [-0.3, -0.25) is 19.2 Å². The number of rotatable bonds is 18. The van der Waals surface area contributed by atoms with Crippen LogP contribution in [0.15, 0.2) is 78.9 Å². The topological polar surface area (TPSA) is 120 Å². The minimum Gasteiger partial charge on any atom is -0.378 e. The van der Waals surface area contributed by atoms with Gasteiger partial charge in [0.1, 0.15) is 0 Å². The van der Waals surface area contributed by atoms with Crippen molar-refractivity contribution < 1.29 is 19.2 Å². The zero-order valence-electron chi connectivity index (χ0n) is 28.0. The predicted octanol–water partition coefficient (Wildman–Crippen LogP) is 5.48. The number of nitrogens with one attached hydrogen (secondary N) is 4. The predicted molar refractivity (Wildman–Crippen MR) is 195 cm³/mol. The fourth-order valence-electron chi connectivity index (χ4n) is 4.45. The molecule has 9 nitrogen and oxygen atoms in total. The van der Waals surface area contributed by atoms with Gasteiger partial charge in [0.2, 0.25) is 11.8 Å². The minimum atomic E-state index is -0.0528. The van der Waals surface area contributed by atoms with Gasteiger partial charge >= 0.3 is 0 Å². The number of unbranched alkanes of at least 4 members (excludes halogenated alkanes) is 4. The van der Waals surface area contributed by atoms with E-state index >= 15 is 0 Å². The molecule has 0 fully saturated rings. The Bertz CT molecular complexity index is 1350. The quantitative estimate of drug-likeness (QED) is 0.0914. The lowest BCUT2D eigenvalue weighted by Gasteiger charge is -2.12. The molecular formula is C37H51N5O4S. The van der Waals surface area contributed by atoms with E-state index in [1.165, 1.54) is 0 Å². The van der Waals surface area contributed by atoms with Crippen molar-refractivity contribution in [3.8, 4) is 11.1 Å². The van der Waals surface area contributed by atoms with E-state index in [-0.39, 0.29) is 29.4 Å². The largest absolute Gasteiger partial charge is 0.378 e. The van der Waals surface area contributed by atoms with Gasteiger partial charge in [-0.2, -0.15) is 12.6 Å². The summed E-state index contributed by atoms with van der Waals surface area (Å²) in [4.78, 5) is 48.2. The molecule has 3 rings (SSSR count). The number of hydrogen-bond acceptors (Lipinski definition) is 6. The smallest absolute Gasteiger partial charge is 0.251 e. The van der Waals surface area contributed by atoms with E-state index in [1.807, 2.05) is 105 Å². The average Bonchev–Trinajstić information content (AvgIpc) is 3.11. The normalized spacial score (nSPS) is 10.2. The van der Waals surface area contributed by atoms with Gasteiger partial charge in [0.25, 0.3) is 11.8 Å². The maximum absolute atomic E-state index is 12.1. The summed E-state index contributed by atoms with van der Waals surface area (Å²) in [6.45, 7) is 4.52. The summed E-state index contributed by atoms with van der Waals surface area (Å²) < 4.78 is 0. The Balaban J connectivity index is 0.000000330. The van der Waals surface area contributed by atoms with E-state index in [1.54, 1.807) is 0 Å². The summed E-state index contributed by atoms with van der Waals surface area (Å²) in [5.41, 5.74) is 4.66. The molecule has 0 bridgehead atoms. The highest BCUT2D eigenvalue weighted by Crippen LogP contribution is 2.19. The lowest BCUT2D eigenvalue weighted by molar-refractivity contribution is -0.121. The van der Waals surface area contributed by atoms with Crippen molar-refractivity contribution in [2.24, 2.45) is 0 Å². The number of anilines is 1. The van der Waals surface area contributed by atoms with E-state index in [9.17, 15) is 19.2 Å². The first kappa shape index (κ1) is 38.9. The third-order valence-corrected chi connectivity index (χ3v) is 7.57. The molecule has 254 valence electrons. The lowest BCUT2D eigenvalue weighted by atomic mass is 10.0. The van der Waals surface area contributed by atoms with Crippen molar-refractivity contribution in [1.82, 2.24) is 21.3 Å². The van der Waals surface area contributed by atoms with Gasteiger partial charge in [0.05, 0.1) is 5.75 Å². The molecule has 0 atom stereocenters. The van der Waals surface area contributed by atoms with Crippen LogP contribution in [0.5, 0.6) is 0 Å². The Morgan fingerprint density at radius 1 is 0.553 bits per heavy atom. The fourth-order valence-corrected chi connectivity index (χ4v) is 4.57. The third kappa shape index (κ3) is 16.2. The van der Waals surface area contributed by atoms with Crippen molar-refractivity contribution in [3.63, 3.8) is 0 Å². The highest BCUT2D eigenvalue weighted by atomic mass is 32.1. The molecule has 0 unspecified atom stereocenters. The van der Waals surface area contributed by atoms with Crippen molar-refractivity contribution in [2.45, 2.75) is 51.9 Å². The molecule has 0 aromatic heterocycles. The van der Waals surface area contributed by atoms with E-state index in [4.69, 9.17) is 0 Å². The number of thiol groups is 1. The van der Waals surface area contributed by atoms with Crippen LogP contribution in [0.1, 0.15) is 72.6 Å². The third-order valence-electron chi connectivity index (χ3n) is 7.29. The fraction of sp³-hybridized carbons (Fsp3) is 0.405. The minimum absolute atomic E-state index is 0.0374. The standard InChI is InChI=1S/C20H24N2O2S.C17H27N3O2/c23-19(15-25)21-13-5-2-6-14-22-20(24)18-11-9-17(10-12-18)16-7-3-1-4-8-16;1-4-16(21)18-12-6-5-7-13-19-17(22)14-8-10-15(11-9-14)20(2)3/h1,3-4,7-12,25H,2,5-6,13-15H2,(H,21,23)(H,22,24);8-11H,4-7,12-13H2,1-3H3,(H,18,21)(H,19,22). The zero-order chi connectivity index (χ0) is 34.3. The first-order valence-corrected chi connectivity index (χ1v) is 17.0. The monoisotopic (exact) mass is 661 g/mol. The van der Waals surface area contributed by atoms with Gasteiger partial charge in [0, 0.05) is 63.5 Å². The van der Waals surface area contributed by atoms with Crippen LogP contribution in [0.25, 0.3) is 11.1 Å². The number of benzene rings is 3. The molecule has 3 aromatic carbocycles. The Morgan fingerprint density at radius 2 is 0.979 bits per heavy atom. The van der Waals surface area contributed by atoms with E-state index in [2.05, 4.69) is 33.9 Å². The molecule has 3 aromatic rings. The first-order valence-electron chi connectivity index (χ1n) is 16.4. The summed E-state index contributed by atoms with van der Waals surface area (Å²) in [7, 11) is 3.94. The number of amides is 4. The number of nitrogens with zero attached hydrogens (tertiary/aromatic N) is 1. The molecule has 4 N–H and O–H groups in total. The van der Waals surface area contributed by atoms with Gasteiger partial charge < -0.3 is 26.2 Å². The van der Waals surface area contributed by atoms with Crippen LogP contribution >= 0.6 is 12.6 Å². The lowest BCUT2D eigenvalue weighted by Crippen LogP contribution is -2.26. The maximum atomic E-state index is 12.1. The summed E-state index contributed by atoms with van der Waals surface area (Å²) in [6.07, 6.45) is 6.14. The molecular weight excluding hydrogens is 611 g/mol. The van der Waals surface area contributed by atoms with Gasteiger partial charge in [-0.05, 0) is 86.1 Å². The van der Waals surface area contributed by atoms with Crippen LogP contribution in [0.2, 0.25) is 0 Å². The van der Waals surface area contributed by atoms with Gasteiger partial charge in [-0.1, -0.05) is 49.4 Å². The van der Waals surface area contributed by atoms with Crippen LogP contribution in [0.3, 0.4) is 0 Å². The average molecular weight is 662 g/mol. The van der Waals surface area contributed by atoms with Crippen molar-refractivity contribution in [1.29, 1.82) is 0 Å². The summed E-state index contributed by atoms with van der Waals surface area (Å²) in [6, 6.07) is 25.3. The molecule has 0 saturated carbocycles. The molecule has 4 amide bonds. The highest BCUT2D eigenvalue weighted by molar-refractivity contribution is 7.81. The second kappa shape index (κ2) is 23.1. The number of carbonyl (C=O) groups is 4. The van der Waals surface area contributed by atoms with Crippen LogP contribution < -0.4 is 26.2 Å². The molecule has 0 radical (unpaired) electrons. The Hall–Kier alpha value is -4.31. The van der Waals surface area contributed by atoms with Crippen LogP contribution in [0, 0.1) is 0 Å². The maximum Gasteiger partial charge on any atom is 0.251 e. The zero-order valence-corrected chi connectivity index (χ0v) is 28.9. The molecule has 0 heterocycles. The Morgan fingerprint density at radius 3 is 1.43 bits per heavy atom. The molecule has 0 aliphatic carbocycles. The number of hydrogen-bond donors (Lipinski definition) is 5. The second-order valence-electron chi connectivity index (χ2n) is 11.2. The highest BCUT2D eigenvalue weighted by Gasteiger charge is 2.07. The van der Waals surface area contributed by atoms with E-state index < -0.39 is 0 Å². The van der Waals surface area contributed by atoms with Crippen LogP contribution in [-0.4, -0.2) is 69.7 Å². The van der Waals surface area contributed by atoms with Gasteiger partial charge in [0.15, 0.2) is 0 Å². The molecule has 47 heavy (non-hydrogen) atoms. The molecule has 0 spiro atoms. The van der Waals surface area contributed by atoms with Crippen molar-refractivity contribution in [2.75, 3.05) is 50.9 Å².